The number of fused-ring (bicyclic) bond motifs is 1. The second-order valence-electron chi connectivity index (χ2n) is 6.40. The van der Waals surface area contributed by atoms with Gasteiger partial charge in [0.2, 0.25) is 0 Å². The number of pyridine rings is 2. The summed E-state index contributed by atoms with van der Waals surface area (Å²) in [5.74, 6) is 1.13. The molecule has 9 heteroatoms. The molecule has 1 unspecified atom stereocenters. The summed E-state index contributed by atoms with van der Waals surface area (Å²) >= 11 is -2.37. The molecule has 0 aliphatic heterocycles. The number of ether oxygens (including phenoxy) is 1. The van der Waals surface area contributed by atoms with Crippen molar-refractivity contribution in [2.75, 3.05) is 0 Å². The van der Waals surface area contributed by atoms with Gasteiger partial charge in [-0.25, -0.2) is 4.72 Å². The first kappa shape index (κ1) is 19.1. The molecular weight excluding hydrogens is 392 g/mol. The van der Waals surface area contributed by atoms with Gasteiger partial charge in [0, 0.05) is 60.0 Å². The van der Waals surface area contributed by atoms with E-state index in [0.29, 0.717) is 17.0 Å². The molecule has 1 atom stereocenters. The summed E-state index contributed by atoms with van der Waals surface area (Å²) in [5, 5.41) is 0.752. The van der Waals surface area contributed by atoms with Crippen LogP contribution >= 0.6 is 0 Å². The minimum absolute atomic E-state index is 0.136. The van der Waals surface area contributed by atoms with Gasteiger partial charge in [-0.15, -0.1) is 0 Å². The summed E-state index contributed by atoms with van der Waals surface area (Å²) < 4.78 is 31.7. The molecule has 0 amide bonds. The van der Waals surface area contributed by atoms with Crippen LogP contribution in [0.15, 0.2) is 66.0 Å². The van der Waals surface area contributed by atoms with E-state index in [1.165, 1.54) is 4.57 Å². The maximum Gasteiger partial charge on any atom is 0.274 e. The fraction of sp³-hybridized carbons (Fsp3) is 0.100. The molecule has 0 aliphatic rings. The van der Waals surface area contributed by atoms with Crippen LogP contribution in [0.3, 0.4) is 0 Å². The summed E-state index contributed by atoms with van der Waals surface area (Å²) in [6.07, 6.45) is 6.71. The second-order valence-corrected chi connectivity index (χ2v) is 7.16. The molecule has 3 aromatic heterocycles. The Hall–Kier alpha value is -3.27. The number of hydrogen-bond donors (Lipinski definition) is 2. The Kier molecular flexibility index (Phi) is 5.26. The summed E-state index contributed by atoms with van der Waals surface area (Å²) in [4.78, 5) is 19.5. The molecule has 4 aromatic rings. The van der Waals surface area contributed by atoms with Gasteiger partial charge in [0.05, 0.1) is 6.20 Å². The van der Waals surface area contributed by atoms with Crippen molar-refractivity contribution >= 4 is 22.2 Å². The van der Waals surface area contributed by atoms with Gasteiger partial charge in [-0.2, -0.15) is 0 Å². The predicted molar refractivity (Wildman–Crippen MR) is 109 cm³/mol. The number of aromatic nitrogens is 3. The number of nitrogens with one attached hydrogen (secondary N) is 2. The molecule has 2 N–H and O–H groups in total. The fourth-order valence-corrected chi connectivity index (χ4v) is 3.43. The van der Waals surface area contributed by atoms with E-state index >= 15 is 0 Å². The molecule has 29 heavy (non-hydrogen) atoms. The summed E-state index contributed by atoms with van der Waals surface area (Å²) in [5.41, 5.74) is 2.61. The Balaban J connectivity index is 1.88. The summed E-state index contributed by atoms with van der Waals surface area (Å²) in [6, 6.07) is 10.8. The van der Waals surface area contributed by atoms with Gasteiger partial charge >= 0.3 is 0 Å². The topological polar surface area (TPSA) is 112 Å². The quantitative estimate of drug-likeness (QED) is 0.476. The number of aryl methyl sites for hydroxylation is 1. The van der Waals surface area contributed by atoms with Crippen LogP contribution < -0.4 is 15.0 Å². The fourth-order valence-electron chi connectivity index (χ4n) is 3.15. The van der Waals surface area contributed by atoms with Crippen molar-refractivity contribution in [2.45, 2.75) is 6.54 Å². The smallest absolute Gasteiger partial charge is 0.274 e. The van der Waals surface area contributed by atoms with E-state index in [1.54, 1.807) is 56.1 Å². The van der Waals surface area contributed by atoms with E-state index in [4.69, 9.17) is 4.74 Å². The van der Waals surface area contributed by atoms with Gasteiger partial charge in [0.25, 0.3) is 5.56 Å². The number of rotatable bonds is 6. The minimum Gasteiger partial charge on any atom is -0.760 e. The Morgan fingerprint density at radius 1 is 1.28 bits per heavy atom. The van der Waals surface area contributed by atoms with Crippen molar-refractivity contribution in [1.29, 1.82) is 0 Å². The Morgan fingerprint density at radius 3 is 2.90 bits per heavy atom. The standard InChI is InChI=1S/C20H18N4O4S/c1-24-12-17(15-6-8-22-19(15)20(24)25)16-9-13(10-23-29(26)27)4-5-18(16)28-14-3-2-7-21-11-14/h2-9,11-12,22-23H,10H2,1H3,(H,26,27)/p-1. The molecule has 0 spiro atoms. The molecule has 0 saturated heterocycles. The maximum absolute atomic E-state index is 12.4. The molecule has 1 aromatic carbocycles. The lowest BCUT2D eigenvalue weighted by atomic mass is 10.0. The van der Waals surface area contributed by atoms with E-state index in [-0.39, 0.29) is 12.1 Å². The number of benzene rings is 1. The van der Waals surface area contributed by atoms with Gasteiger partial charge in [-0.3, -0.25) is 14.0 Å². The molecular formula is C20H17N4O4S-. The highest BCUT2D eigenvalue weighted by Gasteiger charge is 2.15. The zero-order valence-electron chi connectivity index (χ0n) is 15.4. The summed E-state index contributed by atoms with van der Waals surface area (Å²) in [6.45, 7) is 0.137. The first-order valence-electron chi connectivity index (χ1n) is 8.73. The summed E-state index contributed by atoms with van der Waals surface area (Å²) in [7, 11) is 1.68. The SMILES string of the molecule is Cn1cc(-c2cc(CNS(=O)[O-])ccc2Oc2cccnc2)c2cc[nH]c2c1=O. The van der Waals surface area contributed by atoms with Crippen LogP contribution in [0, 0.1) is 0 Å². The Bertz CT molecular complexity index is 1250. The third-order valence-corrected chi connectivity index (χ3v) is 4.86. The number of aromatic amines is 1. The van der Waals surface area contributed by atoms with Gasteiger partial charge in [0.1, 0.15) is 17.0 Å². The maximum atomic E-state index is 12.4. The third-order valence-electron chi connectivity index (χ3n) is 4.48. The van der Waals surface area contributed by atoms with Crippen LogP contribution in [0.4, 0.5) is 0 Å². The van der Waals surface area contributed by atoms with Crippen molar-refractivity contribution in [3.8, 4) is 22.6 Å². The average Bonchev–Trinajstić information content (AvgIpc) is 3.21. The highest BCUT2D eigenvalue weighted by Crippen LogP contribution is 2.37. The van der Waals surface area contributed by atoms with Gasteiger partial charge in [-0.1, -0.05) is 6.07 Å². The molecule has 0 saturated carbocycles. The average molecular weight is 409 g/mol. The first-order chi connectivity index (χ1) is 14.0. The largest absolute Gasteiger partial charge is 0.760 e. The number of H-pyrrole nitrogens is 1. The Morgan fingerprint density at radius 2 is 2.14 bits per heavy atom. The molecule has 0 fully saturated rings. The van der Waals surface area contributed by atoms with Crippen molar-refractivity contribution in [2.24, 2.45) is 7.05 Å². The Labute approximate surface area is 168 Å². The number of hydrogen-bond acceptors (Lipinski definition) is 5. The number of nitrogens with zero attached hydrogens (tertiary/aromatic N) is 2. The zero-order chi connectivity index (χ0) is 20.4. The van der Waals surface area contributed by atoms with Crippen LogP contribution in [0.2, 0.25) is 0 Å². The van der Waals surface area contributed by atoms with E-state index in [9.17, 15) is 13.6 Å². The van der Waals surface area contributed by atoms with Crippen LogP contribution in [-0.4, -0.2) is 23.3 Å². The highest BCUT2D eigenvalue weighted by molar-refractivity contribution is 7.77. The van der Waals surface area contributed by atoms with Crippen LogP contribution in [0.5, 0.6) is 11.5 Å². The third kappa shape index (κ3) is 3.97. The van der Waals surface area contributed by atoms with Crippen molar-refractivity contribution < 1.29 is 13.5 Å². The van der Waals surface area contributed by atoms with Crippen molar-refractivity contribution in [3.63, 3.8) is 0 Å². The normalized spacial score (nSPS) is 12.2. The van der Waals surface area contributed by atoms with Crippen molar-refractivity contribution in [3.05, 3.63) is 77.1 Å². The van der Waals surface area contributed by atoms with Crippen molar-refractivity contribution in [1.82, 2.24) is 19.3 Å². The zero-order valence-corrected chi connectivity index (χ0v) is 16.2. The molecule has 3 heterocycles. The first-order valence-corrected chi connectivity index (χ1v) is 9.81. The highest BCUT2D eigenvalue weighted by atomic mass is 32.2. The lowest BCUT2D eigenvalue weighted by Gasteiger charge is -2.15. The molecule has 0 bridgehead atoms. The van der Waals surface area contributed by atoms with Crippen LogP contribution in [0.25, 0.3) is 22.0 Å². The predicted octanol–water partition coefficient (Wildman–Crippen LogP) is 2.60. The molecule has 4 rings (SSSR count). The van der Waals surface area contributed by atoms with Gasteiger partial charge in [-0.05, 0) is 35.9 Å². The molecule has 148 valence electrons. The molecule has 0 radical (unpaired) electrons. The van der Waals surface area contributed by atoms with Crippen LogP contribution in [0.1, 0.15) is 5.56 Å². The monoisotopic (exact) mass is 409 g/mol. The van der Waals surface area contributed by atoms with E-state index in [2.05, 4.69) is 14.7 Å². The second kappa shape index (κ2) is 8.00. The van der Waals surface area contributed by atoms with Gasteiger partial charge < -0.3 is 18.8 Å². The van der Waals surface area contributed by atoms with Crippen LogP contribution in [-0.2, 0) is 24.9 Å². The van der Waals surface area contributed by atoms with Gasteiger partial charge in [0.15, 0.2) is 0 Å². The lowest BCUT2D eigenvalue weighted by Crippen LogP contribution is -2.17. The molecule has 8 nitrogen and oxygen atoms in total. The lowest BCUT2D eigenvalue weighted by molar-refractivity contribution is 0.482. The molecule has 0 aliphatic carbocycles. The minimum atomic E-state index is -2.37. The van der Waals surface area contributed by atoms with E-state index in [1.807, 2.05) is 12.1 Å². The van der Waals surface area contributed by atoms with E-state index in [0.717, 1.165) is 22.1 Å². The van der Waals surface area contributed by atoms with E-state index < -0.39 is 11.3 Å².